The number of aliphatic hydroxyl groups excluding tert-OH is 1. The molecule has 1 fully saturated rings. The summed E-state index contributed by atoms with van der Waals surface area (Å²) in [6.45, 7) is 14.3. The maximum absolute atomic E-state index is 10.0. The number of aliphatic hydroxyl groups is 1. The third kappa shape index (κ3) is 13.7. The Kier molecular flexibility index (Phi) is 12.2. The number of hydrogen-bond acceptors (Lipinski definition) is 5. The van der Waals surface area contributed by atoms with E-state index < -0.39 is 18.0 Å². The third-order valence-electron chi connectivity index (χ3n) is 4.70. The molecule has 0 saturated heterocycles. The van der Waals surface area contributed by atoms with Gasteiger partial charge in [0, 0.05) is 24.2 Å². The van der Waals surface area contributed by atoms with Crippen molar-refractivity contribution >= 4 is 11.9 Å². The molecule has 0 radical (unpaired) electrons. The van der Waals surface area contributed by atoms with Gasteiger partial charge in [0.1, 0.15) is 0 Å². The van der Waals surface area contributed by atoms with Gasteiger partial charge in [-0.2, -0.15) is 0 Å². The summed E-state index contributed by atoms with van der Waals surface area (Å²) >= 11 is 0. The number of carboxylic acid groups (broad SMARTS) is 2. The molecule has 4 atom stereocenters. The van der Waals surface area contributed by atoms with Crippen LogP contribution in [0.15, 0.2) is 12.2 Å². The quantitative estimate of drug-likeness (QED) is 0.462. The molecule has 1 aliphatic carbocycles. The zero-order valence-corrected chi connectivity index (χ0v) is 18.1. The molecule has 0 aromatic rings. The number of aliphatic carboxylic acids is 2. The molecule has 0 amide bonds. The average Bonchev–Trinajstić information content (AvgIpc) is 2.56. The van der Waals surface area contributed by atoms with Crippen LogP contribution in [0, 0.1) is 17.8 Å². The van der Waals surface area contributed by atoms with Gasteiger partial charge in [-0.3, -0.25) is 0 Å². The molecule has 1 saturated carbocycles. The summed E-state index contributed by atoms with van der Waals surface area (Å²) in [5, 5.41) is 29.0. The van der Waals surface area contributed by atoms with Crippen LogP contribution < -0.4 is 5.32 Å². The van der Waals surface area contributed by atoms with Crippen molar-refractivity contribution in [2.45, 2.75) is 78.6 Å². The molecule has 1 aliphatic rings. The van der Waals surface area contributed by atoms with Crippen LogP contribution in [0.25, 0.3) is 0 Å². The van der Waals surface area contributed by atoms with Crippen molar-refractivity contribution in [1.82, 2.24) is 5.32 Å². The molecule has 4 unspecified atom stereocenters. The largest absolute Gasteiger partial charge is 0.478 e. The smallest absolute Gasteiger partial charge is 0.328 e. The summed E-state index contributed by atoms with van der Waals surface area (Å²) in [6.07, 6.45) is 4.74. The Morgan fingerprint density at radius 1 is 1.14 bits per heavy atom. The third-order valence-corrected chi connectivity index (χ3v) is 4.70. The minimum Gasteiger partial charge on any atom is -0.478 e. The van der Waals surface area contributed by atoms with Crippen molar-refractivity contribution < 1.29 is 29.6 Å². The molecule has 0 aromatic heterocycles. The summed E-state index contributed by atoms with van der Waals surface area (Å²) in [6, 6.07) is 0. The fourth-order valence-corrected chi connectivity index (χ4v) is 3.17. The molecule has 7 heteroatoms. The zero-order chi connectivity index (χ0) is 21.9. The Morgan fingerprint density at radius 3 is 2.11 bits per heavy atom. The van der Waals surface area contributed by atoms with Gasteiger partial charge in [-0.25, -0.2) is 9.59 Å². The lowest BCUT2D eigenvalue weighted by atomic mass is 9.75. The lowest BCUT2D eigenvalue weighted by Crippen LogP contribution is -2.43. The first-order valence-electron chi connectivity index (χ1n) is 10.0. The van der Waals surface area contributed by atoms with Gasteiger partial charge in [0.2, 0.25) is 0 Å². The van der Waals surface area contributed by atoms with Crippen LogP contribution in [0.3, 0.4) is 0 Å². The van der Waals surface area contributed by atoms with Gasteiger partial charge >= 0.3 is 11.9 Å². The Hall–Kier alpha value is -1.44. The van der Waals surface area contributed by atoms with E-state index in [0.29, 0.717) is 43.2 Å². The van der Waals surface area contributed by atoms with Gasteiger partial charge in [-0.05, 0) is 51.4 Å². The molecule has 0 bridgehead atoms. The number of ether oxygens (including phenoxy) is 1. The normalized spacial score (nSPS) is 23.9. The number of hydrogen-bond donors (Lipinski definition) is 4. The van der Waals surface area contributed by atoms with Gasteiger partial charge in [-0.15, -0.1) is 0 Å². The number of β-amino-alcohol motifs (C(OH)–C–C–N with tert-alkyl or cyclic N) is 1. The second-order valence-corrected chi connectivity index (χ2v) is 8.99. The van der Waals surface area contributed by atoms with Crippen LogP contribution in [-0.4, -0.2) is 58.2 Å². The standard InChI is InChI=1S/C17H35NO2.C4H4O4/c1-12(2)15-8-7-13(3)9-16(15)20-11-14(19)10-18-17(4,5)6;5-3(6)1-2-4(7)8/h12-16,18-19H,7-11H2,1-6H3;1-2H,(H,5,6)(H,7,8)/b;2-1-. The minimum absolute atomic E-state index is 0.0425. The molecule has 0 heterocycles. The van der Waals surface area contributed by atoms with E-state index in [4.69, 9.17) is 14.9 Å². The Labute approximate surface area is 169 Å². The maximum atomic E-state index is 10.0. The molecular formula is C21H39NO6. The summed E-state index contributed by atoms with van der Waals surface area (Å²) in [7, 11) is 0. The number of carbonyl (C=O) groups is 2. The Morgan fingerprint density at radius 2 is 1.68 bits per heavy atom. The van der Waals surface area contributed by atoms with Crippen molar-refractivity contribution in [2.75, 3.05) is 13.2 Å². The van der Waals surface area contributed by atoms with E-state index in [1.165, 1.54) is 12.8 Å². The van der Waals surface area contributed by atoms with E-state index in [-0.39, 0.29) is 5.54 Å². The lowest BCUT2D eigenvalue weighted by molar-refractivity contribution is -0.134. The monoisotopic (exact) mass is 401 g/mol. The van der Waals surface area contributed by atoms with E-state index in [1.807, 2.05) is 0 Å². The predicted octanol–water partition coefficient (Wildman–Crippen LogP) is 2.92. The fourth-order valence-electron chi connectivity index (χ4n) is 3.17. The SMILES string of the molecule is CC1CCC(C(C)C)C(OCC(O)CNC(C)(C)C)C1.O=C(O)/C=C\C(=O)O. The van der Waals surface area contributed by atoms with Crippen molar-refractivity contribution in [1.29, 1.82) is 0 Å². The molecule has 1 rings (SSSR count). The van der Waals surface area contributed by atoms with E-state index >= 15 is 0 Å². The van der Waals surface area contributed by atoms with E-state index in [2.05, 4.69) is 46.9 Å². The molecule has 4 N–H and O–H groups in total. The summed E-state index contributed by atoms with van der Waals surface area (Å²) in [4.78, 5) is 19.1. The van der Waals surface area contributed by atoms with Crippen LogP contribution in [-0.2, 0) is 14.3 Å². The second-order valence-electron chi connectivity index (χ2n) is 8.99. The van der Waals surface area contributed by atoms with Crippen molar-refractivity contribution in [3.8, 4) is 0 Å². The first kappa shape index (κ1) is 26.6. The summed E-state index contributed by atoms with van der Waals surface area (Å²) < 4.78 is 6.06. The topological polar surface area (TPSA) is 116 Å². The van der Waals surface area contributed by atoms with Gasteiger partial charge in [0.25, 0.3) is 0 Å². The van der Waals surface area contributed by atoms with Crippen LogP contribution in [0.1, 0.15) is 60.8 Å². The van der Waals surface area contributed by atoms with Crippen molar-refractivity contribution in [2.24, 2.45) is 17.8 Å². The maximum Gasteiger partial charge on any atom is 0.328 e. The van der Waals surface area contributed by atoms with E-state index in [0.717, 1.165) is 12.3 Å². The minimum atomic E-state index is -1.26. The lowest BCUT2D eigenvalue weighted by Gasteiger charge is -2.37. The molecule has 0 spiro atoms. The van der Waals surface area contributed by atoms with E-state index in [1.54, 1.807) is 0 Å². The van der Waals surface area contributed by atoms with Crippen molar-refractivity contribution in [3.05, 3.63) is 12.2 Å². The number of carboxylic acids is 2. The molecule has 0 aliphatic heterocycles. The highest BCUT2D eigenvalue weighted by molar-refractivity contribution is 5.89. The first-order chi connectivity index (χ1) is 12.8. The average molecular weight is 402 g/mol. The fraction of sp³-hybridized carbons (Fsp3) is 0.810. The van der Waals surface area contributed by atoms with Crippen LogP contribution >= 0.6 is 0 Å². The van der Waals surface area contributed by atoms with Gasteiger partial charge in [0.15, 0.2) is 0 Å². The highest BCUT2D eigenvalue weighted by atomic mass is 16.5. The first-order valence-corrected chi connectivity index (χ1v) is 10.0. The molecule has 7 nitrogen and oxygen atoms in total. The highest BCUT2D eigenvalue weighted by Crippen LogP contribution is 2.35. The molecule has 28 heavy (non-hydrogen) atoms. The molecular weight excluding hydrogens is 362 g/mol. The van der Waals surface area contributed by atoms with Crippen LogP contribution in [0.5, 0.6) is 0 Å². The van der Waals surface area contributed by atoms with E-state index in [9.17, 15) is 14.7 Å². The second kappa shape index (κ2) is 12.9. The number of nitrogens with one attached hydrogen (secondary N) is 1. The predicted molar refractivity (Wildman–Crippen MR) is 109 cm³/mol. The Balaban J connectivity index is 0.000000769. The number of rotatable bonds is 8. The summed E-state index contributed by atoms with van der Waals surface area (Å²) in [5.41, 5.74) is 0.0425. The zero-order valence-electron chi connectivity index (χ0n) is 18.1. The van der Waals surface area contributed by atoms with Gasteiger partial charge in [-0.1, -0.05) is 27.2 Å². The molecule has 164 valence electrons. The Bertz CT molecular complexity index is 482. The van der Waals surface area contributed by atoms with Crippen LogP contribution in [0.2, 0.25) is 0 Å². The van der Waals surface area contributed by atoms with Gasteiger partial charge in [0.05, 0.1) is 18.8 Å². The highest BCUT2D eigenvalue weighted by Gasteiger charge is 2.31. The molecule has 0 aromatic carbocycles. The summed E-state index contributed by atoms with van der Waals surface area (Å²) in [5.74, 6) is -0.453. The van der Waals surface area contributed by atoms with Crippen LogP contribution in [0.4, 0.5) is 0 Å². The van der Waals surface area contributed by atoms with Gasteiger partial charge < -0.3 is 25.4 Å². The van der Waals surface area contributed by atoms with Crippen molar-refractivity contribution in [3.63, 3.8) is 0 Å².